The smallest absolute Gasteiger partial charge is 0.306 e. The van der Waals surface area contributed by atoms with Gasteiger partial charge in [0.1, 0.15) is 13.2 Å². The van der Waals surface area contributed by atoms with Gasteiger partial charge < -0.3 is 14.2 Å². The summed E-state index contributed by atoms with van der Waals surface area (Å²) >= 11 is 0. The van der Waals surface area contributed by atoms with E-state index in [-0.39, 0.29) is 31.1 Å². The van der Waals surface area contributed by atoms with Crippen molar-refractivity contribution < 1.29 is 28.6 Å². The molecular formula is C64H110O6. The molecule has 6 nitrogen and oxygen atoms in total. The van der Waals surface area contributed by atoms with Gasteiger partial charge in [0, 0.05) is 19.3 Å². The van der Waals surface area contributed by atoms with E-state index in [4.69, 9.17) is 14.2 Å². The van der Waals surface area contributed by atoms with Crippen LogP contribution in [0.4, 0.5) is 0 Å². The average molecular weight is 976 g/mol. The monoisotopic (exact) mass is 975 g/mol. The molecule has 0 radical (unpaired) electrons. The van der Waals surface area contributed by atoms with Crippen molar-refractivity contribution in [3.8, 4) is 0 Å². The second kappa shape index (κ2) is 58.2. The van der Waals surface area contributed by atoms with Crippen LogP contribution in [-0.4, -0.2) is 37.2 Å². The van der Waals surface area contributed by atoms with Gasteiger partial charge in [-0.15, -0.1) is 0 Å². The molecule has 0 aromatic carbocycles. The highest BCUT2D eigenvalue weighted by atomic mass is 16.6. The first-order valence-corrected chi connectivity index (χ1v) is 29.6. The van der Waals surface area contributed by atoms with Gasteiger partial charge in [-0.2, -0.15) is 0 Å². The van der Waals surface area contributed by atoms with Crippen LogP contribution >= 0.6 is 0 Å². The maximum Gasteiger partial charge on any atom is 0.306 e. The summed E-state index contributed by atoms with van der Waals surface area (Å²) in [6.45, 7) is 6.49. The summed E-state index contributed by atoms with van der Waals surface area (Å²) in [5, 5.41) is 0. The Hall–Kier alpha value is -3.41. The van der Waals surface area contributed by atoms with E-state index < -0.39 is 6.10 Å². The normalized spacial score (nSPS) is 12.7. The van der Waals surface area contributed by atoms with Crippen LogP contribution in [0.5, 0.6) is 0 Å². The van der Waals surface area contributed by atoms with Crippen molar-refractivity contribution in [1.82, 2.24) is 0 Å². The van der Waals surface area contributed by atoms with E-state index in [2.05, 4.69) is 106 Å². The Kier molecular flexibility index (Phi) is 55.3. The third kappa shape index (κ3) is 55.5. The van der Waals surface area contributed by atoms with Crippen LogP contribution in [-0.2, 0) is 28.6 Å². The van der Waals surface area contributed by atoms with E-state index in [1.54, 1.807) is 0 Å². The minimum atomic E-state index is -0.786. The summed E-state index contributed by atoms with van der Waals surface area (Å²) in [6.07, 6.45) is 75.9. The Morgan fingerprint density at radius 2 is 0.557 bits per heavy atom. The molecule has 402 valence electrons. The van der Waals surface area contributed by atoms with E-state index in [1.807, 2.05) is 0 Å². The van der Waals surface area contributed by atoms with E-state index in [9.17, 15) is 14.4 Å². The van der Waals surface area contributed by atoms with Crippen LogP contribution in [0.1, 0.15) is 284 Å². The fourth-order valence-electron chi connectivity index (χ4n) is 8.25. The number of allylic oxidation sites excluding steroid dienone is 14. The summed E-state index contributed by atoms with van der Waals surface area (Å²) in [5.41, 5.74) is 0. The quantitative estimate of drug-likeness (QED) is 0.0261. The van der Waals surface area contributed by atoms with Crippen LogP contribution in [0, 0.1) is 0 Å². The minimum absolute atomic E-state index is 0.0844. The van der Waals surface area contributed by atoms with Gasteiger partial charge in [0.05, 0.1) is 0 Å². The number of hydrogen-bond donors (Lipinski definition) is 0. The SMILES string of the molecule is CC/C=C\C/C=C\C/C=C\C/C=C\C/C=C\C/C=C\C/C=C\CCCCCC(=O)OCC(COC(=O)CCCCCCCCCC)OC(=O)CCCCCCCCCCCCCCCCCCCCC. The molecule has 0 aromatic heterocycles. The highest BCUT2D eigenvalue weighted by Crippen LogP contribution is 2.16. The Bertz CT molecular complexity index is 1350. The molecule has 0 aliphatic heterocycles. The zero-order chi connectivity index (χ0) is 50.7. The molecule has 0 bridgehead atoms. The maximum absolute atomic E-state index is 12.8. The van der Waals surface area contributed by atoms with Crippen molar-refractivity contribution in [3.05, 3.63) is 85.1 Å². The highest BCUT2D eigenvalue weighted by molar-refractivity contribution is 5.71. The molecule has 6 heteroatoms. The molecule has 0 rings (SSSR count). The Balaban J connectivity index is 4.29. The number of esters is 3. The number of unbranched alkanes of at least 4 members (excludes halogenated alkanes) is 28. The molecular weight excluding hydrogens is 865 g/mol. The molecule has 0 saturated heterocycles. The Labute approximate surface area is 433 Å². The molecule has 0 saturated carbocycles. The average Bonchev–Trinajstić information content (AvgIpc) is 3.36. The largest absolute Gasteiger partial charge is 0.462 e. The van der Waals surface area contributed by atoms with Gasteiger partial charge in [0.25, 0.3) is 0 Å². The first-order valence-electron chi connectivity index (χ1n) is 29.6. The first kappa shape index (κ1) is 66.6. The van der Waals surface area contributed by atoms with Crippen LogP contribution in [0.25, 0.3) is 0 Å². The molecule has 1 atom stereocenters. The lowest BCUT2D eigenvalue weighted by atomic mass is 10.0. The fourth-order valence-corrected chi connectivity index (χ4v) is 8.25. The number of rotatable bonds is 53. The predicted octanol–water partition coefficient (Wildman–Crippen LogP) is 19.9. The van der Waals surface area contributed by atoms with Crippen molar-refractivity contribution in [2.24, 2.45) is 0 Å². The molecule has 0 aliphatic rings. The van der Waals surface area contributed by atoms with Gasteiger partial charge in [-0.1, -0.05) is 273 Å². The highest BCUT2D eigenvalue weighted by Gasteiger charge is 2.19. The van der Waals surface area contributed by atoms with Gasteiger partial charge in [-0.25, -0.2) is 0 Å². The van der Waals surface area contributed by atoms with Gasteiger partial charge in [-0.3, -0.25) is 14.4 Å². The zero-order valence-electron chi connectivity index (χ0n) is 46.0. The molecule has 0 fully saturated rings. The summed E-state index contributed by atoms with van der Waals surface area (Å²) < 4.78 is 16.8. The van der Waals surface area contributed by atoms with E-state index >= 15 is 0 Å². The maximum atomic E-state index is 12.8. The van der Waals surface area contributed by atoms with Crippen LogP contribution in [0.2, 0.25) is 0 Å². The second-order valence-corrected chi connectivity index (χ2v) is 19.5. The van der Waals surface area contributed by atoms with Crippen molar-refractivity contribution in [2.45, 2.75) is 290 Å². The van der Waals surface area contributed by atoms with Gasteiger partial charge in [-0.05, 0) is 77.0 Å². The summed E-state index contributed by atoms with van der Waals surface area (Å²) in [7, 11) is 0. The van der Waals surface area contributed by atoms with Crippen molar-refractivity contribution in [3.63, 3.8) is 0 Å². The second-order valence-electron chi connectivity index (χ2n) is 19.5. The van der Waals surface area contributed by atoms with Crippen LogP contribution < -0.4 is 0 Å². The van der Waals surface area contributed by atoms with Crippen LogP contribution in [0.15, 0.2) is 85.1 Å². The molecule has 1 unspecified atom stereocenters. The van der Waals surface area contributed by atoms with E-state index in [0.717, 1.165) is 109 Å². The number of hydrogen-bond acceptors (Lipinski definition) is 6. The summed E-state index contributed by atoms with van der Waals surface area (Å²) in [6, 6.07) is 0. The molecule has 0 aromatic rings. The van der Waals surface area contributed by atoms with Crippen molar-refractivity contribution >= 4 is 17.9 Å². The summed E-state index contributed by atoms with van der Waals surface area (Å²) in [4.78, 5) is 38.0. The Morgan fingerprint density at radius 1 is 0.300 bits per heavy atom. The number of carbonyl (C=O) groups is 3. The molecule has 0 N–H and O–H groups in total. The number of carbonyl (C=O) groups excluding carboxylic acids is 3. The Morgan fingerprint density at radius 3 is 0.871 bits per heavy atom. The third-order valence-corrected chi connectivity index (χ3v) is 12.7. The fraction of sp³-hybridized carbons (Fsp3) is 0.734. The molecule has 0 heterocycles. The van der Waals surface area contributed by atoms with Gasteiger partial charge >= 0.3 is 17.9 Å². The topological polar surface area (TPSA) is 78.9 Å². The van der Waals surface area contributed by atoms with Crippen molar-refractivity contribution in [1.29, 1.82) is 0 Å². The van der Waals surface area contributed by atoms with Gasteiger partial charge in [0.2, 0.25) is 0 Å². The standard InChI is InChI=1S/C64H110O6/c1-4-7-10-13-16-19-21-23-25-27-29-30-31-32-33-34-36-37-39-41-43-45-48-51-54-57-63(66)69-60-61(59-68-62(65)56-53-50-47-18-15-12-9-6-3)70-64(67)58-55-52-49-46-44-42-40-38-35-28-26-24-22-20-17-14-11-8-5-2/h7,10,16,19,23,25,29-30,32-33,36-37,41,43,61H,4-6,8-9,11-15,17-18,20-22,24,26-28,31,34-35,38-40,42,44-60H2,1-3H3/b10-7-,19-16-,25-23-,30-29-,33-32-,37-36-,43-41-. The zero-order valence-corrected chi connectivity index (χ0v) is 46.0. The molecule has 70 heavy (non-hydrogen) atoms. The molecule has 0 spiro atoms. The van der Waals surface area contributed by atoms with Gasteiger partial charge in [0.15, 0.2) is 6.10 Å². The lowest BCUT2D eigenvalue weighted by molar-refractivity contribution is -0.167. The molecule has 0 amide bonds. The van der Waals surface area contributed by atoms with E-state index in [0.29, 0.717) is 19.3 Å². The van der Waals surface area contributed by atoms with Crippen molar-refractivity contribution in [2.75, 3.05) is 13.2 Å². The minimum Gasteiger partial charge on any atom is -0.462 e. The molecule has 0 aliphatic carbocycles. The van der Waals surface area contributed by atoms with E-state index in [1.165, 1.54) is 135 Å². The lowest BCUT2D eigenvalue weighted by Crippen LogP contribution is -2.30. The number of ether oxygens (including phenoxy) is 3. The van der Waals surface area contributed by atoms with Crippen LogP contribution in [0.3, 0.4) is 0 Å². The lowest BCUT2D eigenvalue weighted by Gasteiger charge is -2.18. The summed E-state index contributed by atoms with van der Waals surface area (Å²) in [5.74, 6) is -0.914. The third-order valence-electron chi connectivity index (χ3n) is 12.7. The predicted molar refractivity (Wildman–Crippen MR) is 302 cm³/mol. The first-order chi connectivity index (χ1) is 34.5.